The average Bonchev–Trinajstić information content (AvgIpc) is 2.78. The first-order chi connectivity index (χ1) is 8.86. The van der Waals surface area contributed by atoms with Crippen molar-refractivity contribution < 1.29 is 13.3 Å². The van der Waals surface area contributed by atoms with Crippen LogP contribution in [0.3, 0.4) is 0 Å². The van der Waals surface area contributed by atoms with Crippen LogP contribution < -0.4 is 10.6 Å². The highest BCUT2D eigenvalue weighted by molar-refractivity contribution is 7.91. The fraction of sp³-hybridized carbons (Fsp3) is 0.455. The Hall–Kier alpha value is -1.67. The molecular formula is C11H15N3O4S. The third kappa shape index (κ3) is 3.42. The highest BCUT2D eigenvalue weighted by atomic mass is 32.2. The first-order valence-corrected chi connectivity index (χ1v) is 7.75. The van der Waals surface area contributed by atoms with E-state index in [9.17, 15) is 18.5 Å². The third-order valence-electron chi connectivity index (χ3n) is 3.06. The van der Waals surface area contributed by atoms with E-state index in [-0.39, 0.29) is 11.7 Å². The monoisotopic (exact) mass is 285 g/mol. The van der Waals surface area contributed by atoms with Gasteiger partial charge in [-0.15, -0.1) is 0 Å². The van der Waals surface area contributed by atoms with Gasteiger partial charge in [0.2, 0.25) is 0 Å². The van der Waals surface area contributed by atoms with E-state index >= 15 is 0 Å². The predicted octanol–water partition coefficient (Wildman–Crippen LogP) is 0.739. The van der Waals surface area contributed by atoms with Crippen LogP contribution in [0.4, 0.5) is 11.4 Å². The molecule has 2 rings (SSSR count). The van der Waals surface area contributed by atoms with E-state index in [1.54, 1.807) is 12.1 Å². The molecule has 1 aliphatic rings. The summed E-state index contributed by atoms with van der Waals surface area (Å²) in [6.45, 7) is 0.550. The van der Waals surface area contributed by atoms with E-state index in [0.29, 0.717) is 13.0 Å². The largest absolute Gasteiger partial charge is 0.381 e. The molecule has 8 heteroatoms. The second kappa shape index (κ2) is 5.14. The number of nitrogens with one attached hydrogen (secondary N) is 2. The number of hydrogen-bond acceptors (Lipinski definition) is 6. The number of nitro groups is 1. The molecule has 1 saturated heterocycles. The Labute approximate surface area is 111 Å². The molecule has 0 radical (unpaired) electrons. The zero-order valence-electron chi connectivity index (χ0n) is 10.4. The van der Waals surface area contributed by atoms with Crippen LogP contribution in [-0.4, -0.2) is 37.6 Å². The van der Waals surface area contributed by atoms with E-state index < -0.39 is 20.1 Å². The SMILES string of the molecule is CS(=O)(=O)C1CC(Nc2ccc([N+](=O)[O-])cc2)CN1. The van der Waals surface area contributed by atoms with E-state index in [1.165, 1.54) is 18.4 Å². The Morgan fingerprint density at radius 2 is 2.00 bits per heavy atom. The van der Waals surface area contributed by atoms with Crippen molar-refractivity contribution in [1.29, 1.82) is 0 Å². The summed E-state index contributed by atoms with van der Waals surface area (Å²) in [4.78, 5) is 10.1. The molecule has 7 nitrogen and oxygen atoms in total. The molecule has 0 saturated carbocycles. The molecule has 2 N–H and O–H groups in total. The van der Waals surface area contributed by atoms with E-state index in [4.69, 9.17) is 0 Å². The van der Waals surface area contributed by atoms with Crippen molar-refractivity contribution in [2.45, 2.75) is 17.8 Å². The van der Waals surface area contributed by atoms with Crippen molar-refractivity contribution in [2.24, 2.45) is 0 Å². The lowest BCUT2D eigenvalue weighted by Crippen LogP contribution is -2.29. The molecular weight excluding hydrogens is 270 g/mol. The summed E-state index contributed by atoms with van der Waals surface area (Å²) < 4.78 is 22.8. The normalized spacial score (nSPS) is 23.2. The summed E-state index contributed by atoms with van der Waals surface area (Å²) in [7, 11) is -3.09. The van der Waals surface area contributed by atoms with Gasteiger partial charge in [0.15, 0.2) is 9.84 Å². The molecule has 0 aliphatic carbocycles. The van der Waals surface area contributed by atoms with Gasteiger partial charge in [0.25, 0.3) is 5.69 Å². The van der Waals surface area contributed by atoms with E-state index in [1.807, 2.05) is 0 Å². The van der Waals surface area contributed by atoms with Crippen molar-refractivity contribution in [2.75, 3.05) is 18.1 Å². The van der Waals surface area contributed by atoms with Gasteiger partial charge in [-0.05, 0) is 18.6 Å². The minimum atomic E-state index is -3.09. The number of hydrogen-bond donors (Lipinski definition) is 2. The Morgan fingerprint density at radius 1 is 1.37 bits per heavy atom. The Balaban J connectivity index is 1.98. The molecule has 1 aromatic carbocycles. The summed E-state index contributed by atoms with van der Waals surface area (Å²) in [5, 5.41) is 16.1. The van der Waals surface area contributed by atoms with Gasteiger partial charge in [-0.25, -0.2) is 8.42 Å². The van der Waals surface area contributed by atoms with E-state index in [2.05, 4.69) is 10.6 Å². The lowest BCUT2D eigenvalue weighted by Gasteiger charge is -2.13. The minimum Gasteiger partial charge on any atom is -0.381 e. The number of non-ortho nitro benzene ring substituents is 1. The summed E-state index contributed by atoms with van der Waals surface area (Å²) >= 11 is 0. The van der Waals surface area contributed by atoms with Crippen LogP contribution in [0.5, 0.6) is 0 Å². The molecule has 0 amide bonds. The summed E-state index contributed by atoms with van der Waals surface area (Å²) in [6, 6.07) is 6.07. The number of rotatable bonds is 4. The van der Waals surface area contributed by atoms with Crippen LogP contribution >= 0.6 is 0 Å². The molecule has 1 heterocycles. The standard InChI is InChI=1S/C11H15N3O4S/c1-19(17,18)11-6-9(7-12-11)13-8-2-4-10(5-3-8)14(15)16/h2-5,9,11-13H,6-7H2,1H3. The van der Waals surface area contributed by atoms with Crippen LogP contribution in [0, 0.1) is 10.1 Å². The molecule has 1 fully saturated rings. The maximum absolute atomic E-state index is 11.4. The summed E-state index contributed by atoms with van der Waals surface area (Å²) in [5.74, 6) is 0. The fourth-order valence-corrected chi connectivity index (χ4v) is 3.03. The van der Waals surface area contributed by atoms with Crippen LogP contribution in [0.15, 0.2) is 24.3 Å². The highest BCUT2D eigenvalue weighted by Gasteiger charge is 2.30. The lowest BCUT2D eigenvalue weighted by molar-refractivity contribution is -0.384. The van der Waals surface area contributed by atoms with Crippen LogP contribution in [-0.2, 0) is 9.84 Å². The number of benzene rings is 1. The Kier molecular flexibility index (Phi) is 3.72. The van der Waals surface area contributed by atoms with Crippen molar-refractivity contribution in [3.8, 4) is 0 Å². The smallest absolute Gasteiger partial charge is 0.269 e. The fourth-order valence-electron chi connectivity index (χ4n) is 2.05. The minimum absolute atomic E-state index is 0.00109. The van der Waals surface area contributed by atoms with Gasteiger partial charge in [-0.1, -0.05) is 0 Å². The lowest BCUT2D eigenvalue weighted by atomic mass is 10.2. The van der Waals surface area contributed by atoms with Gasteiger partial charge in [-0.2, -0.15) is 0 Å². The second-order valence-electron chi connectivity index (χ2n) is 4.61. The highest BCUT2D eigenvalue weighted by Crippen LogP contribution is 2.19. The number of nitrogens with zero attached hydrogens (tertiary/aromatic N) is 1. The van der Waals surface area contributed by atoms with Crippen LogP contribution in [0.2, 0.25) is 0 Å². The van der Waals surface area contributed by atoms with Gasteiger partial charge in [-0.3, -0.25) is 15.4 Å². The van der Waals surface area contributed by atoms with Gasteiger partial charge in [0.1, 0.15) is 5.37 Å². The van der Waals surface area contributed by atoms with Crippen molar-refractivity contribution >= 4 is 21.2 Å². The molecule has 1 aromatic rings. The topological polar surface area (TPSA) is 101 Å². The zero-order valence-corrected chi connectivity index (χ0v) is 11.2. The molecule has 0 bridgehead atoms. The first kappa shape index (κ1) is 13.8. The summed E-state index contributed by atoms with van der Waals surface area (Å²) in [5.41, 5.74) is 0.774. The van der Waals surface area contributed by atoms with E-state index in [0.717, 1.165) is 5.69 Å². The molecule has 1 aliphatic heterocycles. The molecule has 19 heavy (non-hydrogen) atoms. The van der Waals surface area contributed by atoms with Crippen LogP contribution in [0.25, 0.3) is 0 Å². The van der Waals surface area contributed by atoms with Crippen LogP contribution in [0.1, 0.15) is 6.42 Å². The molecule has 2 atom stereocenters. The Morgan fingerprint density at radius 3 is 2.47 bits per heavy atom. The maximum atomic E-state index is 11.4. The predicted molar refractivity (Wildman–Crippen MR) is 71.8 cm³/mol. The van der Waals surface area contributed by atoms with Crippen molar-refractivity contribution in [3.05, 3.63) is 34.4 Å². The average molecular weight is 285 g/mol. The van der Waals surface area contributed by atoms with Crippen molar-refractivity contribution in [1.82, 2.24) is 5.32 Å². The van der Waals surface area contributed by atoms with Gasteiger partial charge in [0.05, 0.1) is 4.92 Å². The number of nitro benzene ring substituents is 1. The van der Waals surface area contributed by atoms with Gasteiger partial charge in [0, 0.05) is 36.7 Å². The number of sulfone groups is 1. The molecule has 0 aromatic heterocycles. The third-order valence-corrected chi connectivity index (χ3v) is 4.45. The van der Waals surface area contributed by atoms with Gasteiger partial charge < -0.3 is 5.32 Å². The first-order valence-electron chi connectivity index (χ1n) is 5.79. The van der Waals surface area contributed by atoms with Gasteiger partial charge >= 0.3 is 0 Å². The molecule has 0 spiro atoms. The zero-order chi connectivity index (χ0) is 14.0. The molecule has 2 unspecified atom stereocenters. The van der Waals surface area contributed by atoms with Crippen molar-refractivity contribution in [3.63, 3.8) is 0 Å². The molecule has 104 valence electrons. The summed E-state index contributed by atoms with van der Waals surface area (Å²) in [6.07, 6.45) is 1.69. The Bertz CT molecular complexity index is 570. The quantitative estimate of drug-likeness (QED) is 0.625. The second-order valence-corrected chi connectivity index (χ2v) is 6.84. The maximum Gasteiger partial charge on any atom is 0.269 e. The number of anilines is 1.